The Labute approximate surface area is 208 Å². The predicted octanol–water partition coefficient (Wildman–Crippen LogP) is 5.12. The molecule has 1 aliphatic heterocycles. The number of likely N-dealkylation sites (tertiary alicyclic amines) is 1. The Morgan fingerprint density at radius 3 is 2.69 bits per heavy atom. The zero-order chi connectivity index (χ0) is 24.4. The molecule has 1 aromatic carbocycles. The van der Waals surface area contributed by atoms with Crippen LogP contribution in [0.5, 0.6) is 0 Å². The maximum Gasteiger partial charge on any atom is 0.274 e. The molecule has 0 bridgehead atoms. The molecule has 3 aromatic heterocycles. The SMILES string of the molecule is Cc1ccc(CNc2nc3nc(N[C@@H](C)c4cccnc4)nc(C(=O)N4CCCC4)c3s2)cc1C. The van der Waals surface area contributed by atoms with E-state index in [1.807, 2.05) is 30.2 Å². The molecule has 1 saturated heterocycles. The summed E-state index contributed by atoms with van der Waals surface area (Å²) < 4.78 is 0.712. The van der Waals surface area contributed by atoms with Gasteiger partial charge in [-0.2, -0.15) is 9.97 Å². The number of aromatic nitrogens is 4. The third kappa shape index (κ3) is 5.09. The van der Waals surface area contributed by atoms with Crippen molar-refractivity contribution in [2.75, 3.05) is 23.7 Å². The summed E-state index contributed by atoms with van der Waals surface area (Å²) in [5.74, 6) is 0.332. The van der Waals surface area contributed by atoms with E-state index < -0.39 is 0 Å². The predicted molar refractivity (Wildman–Crippen MR) is 140 cm³/mol. The summed E-state index contributed by atoms with van der Waals surface area (Å²) in [4.78, 5) is 33.5. The van der Waals surface area contributed by atoms with Crippen LogP contribution in [-0.4, -0.2) is 43.8 Å². The second kappa shape index (κ2) is 9.95. The molecule has 4 heterocycles. The minimum Gasteiger partial charge on any atom is -0.357 e. The average Bonchev–Trinajstić information content (AvgIpc) is 3.54. The van der Waals surface area contributed by atoms with Gasteiger partial charge in [-0.3, -0.25) is 9.78 Å². The van der Waals surface area contributed by atoms with Crippen LogP contribution in [0.3, 0.4) is 0 Å². The number of hydrogen-bond acceptors (Lipinski definition) is 8. The smallest absolute Gasteiger partial charge is 0.274 e. The fourth-order valence-electron chi connectivity index (χ4n) is 4.18. The van der Waals surface area contributed by atoms with Gasteiger partial charge in [0.1, 0.15) is 4.70 Å². The van der Waals surface area contributed by atoms with E-state index in [0.717, 1.165) is 36.6 Å². The maximum atomic E-state index is 13.4. The van der Waals surface area contributed by atoms with Gasteiger partial charge in [0.25, 0.3) is 5.91 Å². The van der Waals surface area contributed by atoms with E-state index in [0.29, 0.717) is 28.5 Å². The first kappa shape index (κ1) is 23.2. The quantitative estimate of drug-likeness (QED) is 0.373. The highest BCUT2D eigenvalue weighted by Gasteiger charge is 2.26. The van der Waals surface area contributed by atoms with Crippen molar-refractivity contribution in [3.8, 4) is 0 Å². The summed E-state index contributed by atoms with van der Waals surface area (Å²) in [5, 5.41) is 7.45. The van der Waals surface area contributed by atoms with Crippen molar-refractivity contribution < 1.29 is 4.79 Å². The van der Waals surface area contributed by atoms with Crippen LogP contribution in [0.2, 0.25) is 0 Å². The van der Waals surface area contributed by atoms with E-state index >= 15 is 0 Å². The molecule has 2 N–H and O–H groups in total. The molecule has 0 unspecified atom stereocenters. The van der Waals surface area contributed by atoms with E-state index in [1.54, 1.807) is 6.20 Å². The largest absolute Gasteiger partial charge is 0.357 e. The first-order valence-electron chi connectivity index (χ1n) is 11.9. The highest BCUT2D eigenvalue weighted by molar-refractivity contribution is 7.22. The first-order valence-corrected chi connectivity index (χ1v) is 12.7. The van der Waals surface area contributed by atoms with Gasteiger partial charge in [-0.05, 0) is 61.9 Å². The third-order valence-corrected chi connectivity index (χ3v) is 7.40. The Morgan fingerprint density at radius 2 is 1.94 bits per heavy atom. The van der Waals surface area contributed by atoms with E-state index in [4.69, 9.17) is 4.98 Å². The van der Waals surface area contributed by atoms with Gasteiger partial charge in [0, 0.05) is 32.0 Å². The van der Waals surface area contributed by atoms with Crippen LogP contribution >= 0.6 is 11.3 Å². The van der Waals surface area contributed by atoms with Crippen molar-refractivity contribution in [2.24, 2.45) is 0 Å². The van der Waals surface area contributed by atoms with Crippen LogP contribution in [0.15, 0.2) is 42.7 Å². The molecular formula is C26H29N7OS. The van der Waals surface area contributed by atoms with Crippen LogP contribution in [-0.2, 0) is 6.54 Å². The summed E-state index contributed by atoms with van der Waals surface area (Å²) in [6.07, 6.45) is 5.60. The molecule has 0 saturated carbocycles. The van der Waals surface area contributed by atoms with E-state index in [1.165, 1.54) is 28.0 Å². The van der Waals surface area contributed by atoms with Crippen molar-refractivity contribution >= 4 is 38.7 Å². The van der Waals surface area contributed by atoms with Gasteiger partial charge >= 0.3 is 0 Å². The second-order valence-corrected chi connectivity index (χ2v) is 9.99. The van der Waals surface area contributed by atoms with E-state index in [-0.39, 0.29) is 11.9 Å². The normalized spacial score (nSPS) is 14.3. The molecule has 1 fully saturated rings. The van der Waals surface area contributed by atoms with Gasteiger partial charge in [0.2, 0.25) is 5.95 Å². The molecule has 0 radical (unpaired) electrons. The van der Waals surface area contributed by atoms with Crippen molar-refractivity contribution in [1.82, 2.24) is 24.8 Å². The van der Waals surface area contributed by atoms with Crippen LogP contribution in [0, 0.1) is 13.8 Å². The van der Waals surface area contributed by atoms with Crippen LogP contribution in [0.4, 0.5) is 11.1 Å². The number of nitrogens with one attached hydrogen (secondary N) is 2. The minimum absolute atomic E-state index is 0.0589. The number of carbonyl (C=O) groups is 1. The van der Waals surface area contributed by atoms with Crippen molar-refractivity contribution in [3.63, 3.8) is 0 Å². The average molecular weight is 488 g/mol. The number of thiazole rings is 1. The Morgan fingerprint density at radius 1 is 1.11 bits per heavy atom. The standard InChI is InChI=1S/C26H29N7OS/c1-16-8-9-19(13-17(16)2)14-28-26-32-23-22(35-26)21(24(34)33-11-4-5-12-33)30-25(31-23)29-18(3)20-7-6-10-27-15-20/h6-10,13,15,18H,4-5,11-12,14H2,1-3H3,(H2,28,29,30,31,32)/t18-/m0/s1. The number of fused-ring (bicyclic) bond motifs is 1. The number of aryl methyl sites for hydroxylation is 2. The molecule has 0 spiro atoms. The summed E-state index contributed by atoms with van der Waals surface area (Å²) in [6.45, 7) is 8.41. The molecule has 8 nitrogen and oxygen atoms in total. The molecule has 4 aromatic rings. The molecule has 9 heteroatoms. The number of hydrogen-bond donors (Lipinski definition) is 2. The number of rotatable bonds is 7. The number of nitrogens with zero attached hydrogens (tertiary/aromatic N) is 5. The van der Waals surface area contributed by atoms with Crippen molar-refractivity contribution in [1.29, 1.82) is 0 Å². The molecule has 5 rings (SSSR count). The number of benzene rings is 1. The number of anilines is 2. The summed E-state index contributed by atoms with van der Waals surface area (Å²) in [6, 6.07) is 10.2. The van der Waals surface area contributed by atoms with Gasteiger partial charge in [0.05, 0.1) is 6.04 Å². The zero-order valence-corrected chi connectivity index (χ0v) is 21.0. The monoisotopic (exact) mass is 487 g/mol. The van der Waals surface area contributed by atoms with Crippen molar-refractivity contribution in [3.05, 3.63) is 70.7 Å². The van der Waals surface area contributed by atoms with Gasteiger partial charge in [-0.25, -0.2) is 4.98 Å². The molecule has 35 heavy (non-hydrogen) atoms. The van der Waals surface area contributed by atoms with Gasteiger partial charge < -0.3 is 15.5 Å². The number of carbonyl (C=O) groups excluding carboxylic acids is 1. The summed E-state index contributed by atoms with van der Waals surface area (Å²) in [7, 11) is 0. The summed E-state index contributed by atoms with van der Waals surface area (Å²) >= 11 is 1.43. The fourth-order valence-corrected chi connectivity index (χ4v) is 5.06. The van der Waals surface area contributed by atoms with E-state index in [2.05, 4.69) is 57.6 Å². The Hall–Kier alpha value is -3.59. The lowest BCUT2D eigenvalue weighted by molar-refractivity contribution is 0.0789. The number of amides is 1. The maximum absolute atomic E-state index is 13.4. The topological polar surface area (TPSA) is 95.9 Å². The molecule has 1 aliphatic rings. The van der Waals surface area contributed by atoms with Gasteiger partial charge in [0.15, 0.2) is 16.5 Å². The minimum atomic E-state index is -0.0723. The lowest BCUT2D eigenvalue weighted by Crippen LogP contribution is -2.29. The highest BCUT2D eigenvalue weighted by Crippen LogP contribution is 2.30. The molecule has 1 atom stereocenters. The first-order chi connectivity index (χ1) is 17.0. The zero-order valence-electron chi connectivity index (χ0n) is 20.2. The van der Waals surface area contributed by atoms with Crippen LogP contribution in [0.25, 0.3) is 10.3 Å². The third-order valence-electron chi connectivity index (χ3n) is 6.39. The Bertz CT molecular complexity index is 1350. The lowest BCUT2D eigenvalue weighted by atomic mass is 10.1. The Kier molecular flexibility index (Phi) is 6.59. The van der Waals surface area contributed by atoms with E-state index in [9.17, 15) is 4.79 Å². The highest BCUT2D eigenvalue weighted by atomic mass is 32.1. The van der Waals surface area contributed by atoms with Gasteiger partial charge in [-0.1, -0.05) is 35.6 Å². The Balaban J connectivity index is 1.45. The molecule has 1 amide bonds. The fraction of sp³-hybridized carbons (Fsp3) is 0.346. The van der Waals surface area contributed by atoms with Gasteiger partial charge in [-0.15, -0.1) is 0 Å². The molecule has 180 valence electrons. The molecule has 0 aliphatic carbocycles. The van der Waals surface area contributed by atoms with Crippen LogP contribution in [0.1, 0.15) is 58.5 Å². The van der Waals surface area contributed by atoms with Crippen LogP contribution < -0.4 is 10.6 Å². The lowest BCUT2D eigenvalue weighted by Gasteiger charge is -2.17. The second-order valence-electron chi connectivity index (χ2n) is 8.99. The number of pyridine rings is 1. The molecular weight excluding hydrogens is 458 g/mol. The van der Waals surface area contributed by atoms with Crippen molar-refractivity contribution in [2.45, 2.75) is 46.2 Å². The summed E-state index contributed by atoms with van der Waals surface area (Å²) in [5.41, 5.74) is 5.66.